The minimum Gasteiger partial charge on any atom is -0.496 e. The Morgan fingerprint density at radius 1 is 1.23 bits per heavy atom. The number of rotatable bonds is 4. The van der Waals surface area contributed by atoms with Gasteiger partial charge >= 0.3 is 0 Å². The first-order valence-corrected chi connectivity index (χ1v) is 8.17. The SMILES string of the molecule is COc1ccccc1C1CNCCN1C(=O)Cc1cccc(F)c1F.Cl. The van der Waals surface area contributed by atoms with Gasteiger partial charge in [-0.15, -0.1) is 12.4 Å². The third-order valence-corrected chi connectivity index (χ3v) is 4.43. The molecule has 0 bridgehead atoms. The number of hydrogen-bond acceptors (Lipinski definition) is 3. The van der Waals surface area contributed by atoms with Crippen LogP contribution in [0.25, 0.3) is 0 Å². The molecule has 0 spiro atoms. The zero-order chi connectivity index (χ0) is 17.8. The first-order chi connectivity index (χ1) is 12.1. The van der Waals surface area contributed by atoms with E-state index in [1.807, 2.05) is 24.3 Å². The number of amides is 1. The van der Waals surface area contributed by atoms with Crippen LogP contribution in [0.3, 0.4) is 0 Å². The topological polar surface area (TPSA) is 41.6 Å². The van der Waals surface area contributed by atoms with E-state index in [2.05, 4.69) is 5.32 Å². The Kier molecular flexibility index (Phi) is 6.94. The molecule has 1 aliphatic rings. The Balaban J connectivity index is 0.00000243. The highest BCUT2D eigenvalue weighted by Gasteiger charge is 2.30. The van der Waals surface area contributed by atoms with Crippen LogP contribution in [-0.4, -0.2) is 37.6 Å². The van der Waals surface area contributed by atoms with Crippen molar-refractivity contribution < 1.29 is 18.3 Å². The van der Waals surface area contributed by atoms with E-state index in [4.69, 9.17) is 4.74 Å². The van der Waals surface area contributed by atoms with E-state index < -0.39 is 11.6 Å². The second kappa shape index (κ2) is 8.96. The molecule has 1 atom stereocenters. The molecular weight excluding hydrogens is 362 g/mol. The predicted molar refractivity (Wildman–Crippen MR) is 97.6 cm³/mol. The third kappa shape index (κ3) is 4.14. The second-order valence-electron chi connectivity index (χ2n) is 5.94. The van der Waals surface area contributed by atoms with E-state index >= 15 is 0 Å². The van der Waals surface area contributed by atoms with Gasteiger partial charge in [-0.25, -0.2) is 8.78 Å². The molecule has 26 heavy (non-hydrogen) atoms. The molecule has 0 aliphatic carbocycles. The van der Waals surface area contributed by atoms with Crippen molar-refractivity contribution in [3.05, 3.63) is 65.2 Å². The fraction of sp³-hybridized carbons (Fsp3) is 0.316. The third-order valence-electron chi connectivity index (χ3n) is 4.43. The van der Waals surface area contributed by atoms with Crippen molar-refractivity contribution in [2.45, 2.75) is 12.5 Å². The highest BCUT2D eigenvalue weighted by Crippen LogP contribution is 2.30. The van der Waals surface area contributed by atoms with Crippen LogP contribution in [0.4, 0.5) is 8.78 Å². The van der Waals surface area contributed by atoms with E-state index in [-0.39, 0.29) is 36.3 Å². The van der Waals surface area contributed by atoms with Crippen LogP contribution in [0.5, 0.6) is 5.75 Å². The molecule has 2 aromatic rings. The van der Waals surface area contributed by atoms with Crippen LogP contribution in [-0.2, 0) is 11.2 Å². The van der Waals surface area contributed by atoms with Crippen molar-refractivity contribution in [2.24, 2.45) is 0 Å². The minimum atomic E-state index is -0.958. The molecule has 2 aromatic carbocycles. The van der Waals surface area contributed by atoms with E-state index in [0.29, 0.717) is 25.4 Å². The number of hydrogen-bond donors (Lipinski definition) is 1. The van der Waals surface area contributed by atoms with Crippen LogP contribution in [0.1, 0.15) is 17.2 Å². The monoisotopic (exact) mass is 382 g/mol. The fourth-order valence-electron chi connectivity index (χ4n) is 3.17. The number of nitrogens with zero attached hydrogens (tertiary/aromatic N) is 1. The molecule has 0 aromatic heterocycles. The quantitative estimate of drug-likeness (QED) is 0.883. The van der Waals surface area contributed by atoms with Gasteiger partial charge in [-0.2, -0.15) is 0 Å². The molecule has 140 valence electrons. The summed E-state index contributed by atoms with van der Waals surface area (Å²) in [4.78, 5) is 14.5. The number of piperazine rings is 1. The standard InChI is InChI=1S/C19H20F2N2O2.ClH/c1-25-17-8-3-2-6-14(17)16-12-22-9-10-23(16)18(24)11-13-5-4-7-15(20)19(13)21;/h2-8,16,22H,9-12H2,1H3;1H. The van der Waals surface area contributed by atoms with Crippen LogP contribution in [0, 0.1) is 11.6 Å². The lowest BCUT2D eigenvalue weighted by atomic mass is 10.0. The summed E-state index contributed by atoms with van der Waals surface area (Å²) in [5, 5.41) is 3.27. The molecule has 7 heteroatoms. The number of methoxy groups -OCH3 is 1. The van der Waals surface area contributed by atoms with Crippen molar-refractivity contribution in [1.29, 1.82) is 0 Å². The molecular formula is C19H21ClF2N2O2. The van der Waals surface area contributed by atoms with Gasteiger partial charge in [0.1, 0.15) is 5.75 Å². The first-order valence-electron chi connectivity index (χ1n) is 8.17. The van der Waals surface area contributed by atoms with Gasteiger partial charge in [-0.05, 0) is 12.1 Å². The van der Waals surface area contributed by atoms with Crippen LogP contribution in [0.2, 0.25) is 0 Å². The summed E-state index contributed by atoms with van der Waals surface area (Å²) in [5.41, 5.74) is 0.965. The Hall–Kier alpha value is -2.18. The van der Waals surface area contributed by atoms with Crippen molar-refractivity contribution in [1.82, 2.24) is 10.2 Å². The smallest absolute Gasteiger partial charge is 0.227 e. The molecule has 1 unspecified atom stereocenters. The van der Waals surface area contributed by atoms with Crippen molar-refractivity contribution in [3.8, 4) is 5.75 Å². The predicted octanol–water partition coefficient (Wildman–Crippen LogP) is 3.11. The lowest BCUT2D eigenvalue weighted by molar-refractivity contribution is -0.133. The molecule has 1 aliphatic heterocycles. The molecule has 1 saturated heterocycles. The van der Waals surface area contributed by atoms with Gasteiger partial charge in [0.15, 0.2) is 11.6 Å². The maximum atomic E-state index is 13.9. The van der Waals surface area contributed by atoms with Crippen LogP contribution >= 0.6 is 12.4 Å². The largest absolute Gasteiger partial charge is 0.496 e. The summed E-state index contributed by atoms with van der Waals surface area (Å²) < 4.78 is 32.7. The van der Waals surface area contributed by atoms with Gasteiger partial charge in [0.2, 0.25) is 5.91 Å². The van der Waals surface area contributed by atoms with Gasteiger partial charge in [-0.3, -0.25) is 4.79 Å². The lowest BCUT2D eigenvalue weighted by Gasteiger charge is -2.37. The van der Waals surface area contributed by atoms with E-state index in [1.165, 1.54) is 12.1 Å². The van der Waals surface area contributed by atoms with E-state index in [9.17, 15) is 13.6 Å². The summed E-state index contributed by atoms with van der Waals surface area (Å²) in [7, 11) is 1.59. The first kappa shape index (κ1) is 20.1. The molecule has 1 amide bonds. The summed E-state index contributed by atoms with van der Waals surface area (Å²) in [5.74, 6) is -1.43. The molecule has 4 nitrogen and oxygen atoms in total. The average Bonchev–Trinajstić information content (AvgIpc) is 2.65. The van der Waals surface area contributed by atoms with Gasteiger partial charge in [0.05, 0.1) is 19.6 Å². The number of benzene rings is 2. The Labute approximate surface area is 157 Å². The van der Waals surface area contributed by atoms with Crippen molar-refractivity contribution >= 4 is 18.3 Å². The van der Waals surface area contributed by atoms with E-state index in [1.54, 1.807) is 12.0 Å². The minimum absolute atomic E-state index is 0. The lowest BCUT2D eigenvalue weighted by Crippen LogP contribution is -2.49. The number of halogens is 3. The van der Waals surface area contributed by atoms with Gasteiger partial charge < -0.3 is 15.0 Å². The van der Waals surface area contributed by atoms with Crippen LogP contribution in [0.15, 0.2) is 42.5 Å². The molecule has 0 radical (unpaired) electrons. The zero-order valence-corrected chi connectivity index (χ0v) is 15.2. The summed E-state index contributed by atoms with van der Waals surface area (Å²) in [6.07, 6.45) is -0.171. The van der Waals surface area contributed by atoms with Crippen molar-refractivity contribution in [3.63, 3.8) is 0 Å². The second-order valence-corrected chi connectivity index (χ2v) is 5.94. The molecule has 1 N–H and O–H groups in total. The maximum absolute atomic E-state index is 13.9. The van der Waals surface area contributed by atoms with Gasteiger partial charge in [0.25, 0.3) is 0 Å². The Bertz CT molecular complexity index is 773. The Morgan fingerprint density at radius 2 is 2.00 bits per heavy atom. The molecule has 1 fully saturated rings. The number of carbonyl (C=O) groups excluding carboxylic acids is 1. The van der Waals surface area contributed by atoms with E-state index in [0.717, 1.165) is 11.6 Å². The normalized spacial score (nSPS) is 16.7. The maximum Gasteiger partial charge on any atom is 0.227 e. The summed E-state index contributed by atoms with van der Waals surface area (Å²) in [6, 6.07) is 11.2. The highest BCUT2D eigenvalue weighted by molar-refractivity contribution is 5.85. The summed E-state index contributed by atoms with van der Waals surface area (Å²) in [6.45, 7) is 1.74. The highest BCUT2D eigenvalue weighted by atomic mass is 35.5. The van der Waals surface area contributed by atoms with Crippen molar-refractivity contribution in [2.75, 3.05) is 26.7 Å². The fourth-order valence-corrected chi connectivity index (χ4v) is 3.17. The van der Waals surface area contributed by atoms with Gasteiger partial charge in [0, 0.05) is 30.8 Å². The molecule has 1 heterocycles. The number of ether oxygens (including phenoxy) is 1. The number of para-hydroxylation sites is 1. The van der Waals surface area contributed by atoms with Crippen LogP contribution < -0.4 is 10.1 Å². The number of carbonyl (C=O) groups is 1. The molecule has 0 saturated carbocycles. The molecule has 3 rings (SSSR count). The van der Waals surface area contributed by atoms with Gasteiger partial charge in [-0.1, -0.05) is 30.3 Å². The number of nitrogens with one attached hydrogen (secondary N) is 1. The summed E-state index contributed by atoms with van der Waals surface area (Å²) >= 11 is 0. The average molecular weight is 383 g/mol. The zero-order valence-electron chi connectivity index (χ0n) is 14.4. The Morgan fingerprint density at radius 3 is 2.77 bits per heavy atom.